The molecule has 1 fully saturated rings. The summed E-state index contributed by atoms with van der Waals surface area (Å²) in [5.41, 5.74) is 2.19. The fraction of sp³-hybridized carbons (Fsp3) is 0.429. The summed E-state index contributed by atoms with van der Waals surface area (Å²) < 4.78 is 1.75. The lowest BCUT2D eigenvalue weighted by Crippen LogP contribution is -2.37. The minimum Gasteiger partial charge on any atom is -0.352 e. The lowest BCUT2D eigenvalue weighted by Gasteiger charge is -2.17. The Morgan fingerprint density at radius 1 is 1.04 bits per heavy atom. The van der Waals surface area contributed by atoms with Crippen LogP contribution in [0.15, 0.2) is 42.6 Å². The summed E-state index contributed by atoms with van der Waals surface area (Å²) in [6.45, 7) is 2.12. The molecule has 3 rings (SSSR count). The first-order valence-electron chi connectivity index (χ1n) is 9.20. The number of hydrogen-bond acceptors (Lipinski definition) is 2. The van der Waals surface area contributed by atoms with Gasteiger partial charge in [0.15, 0.2) is 0 Å². The maximum absolute atomic E-state index is 12.8. The van der Waals surface area contributed by atoms with Crippen LogP contribution in [-0.4, -0.2) is 22.3 Å². The highest BCUT2D eigenvalue weighted by atomic mass is 16.2. The third-order valence-corrected chi connectivity index (χ3v) is 4.99. The van der Waals surface area contributed by atoms with Crippen molar-refractivity contribution in [1.29, 1.82) is 0 Å². The lowest BCUT2D eigenvalue weighted by molar-refractivity contribution is -0.122. The van der Waals surface area contributed by atoms with Crippen molar-refractivity contribution in [3.05, 3.63) is 59.4 Å². The number of aromatic nitrogens is 1. The third-order valence-electron chi connectivity index (χ3n) is 4.99. The molecule has 1 aromatic carbocycles. The van der Waals surface area contributed by atoms with Crippen molar-refractivity contribution in [2.24, 2.45) is 0 Å². The van der Waals surface area contributed by atoms with Crippen LogP contribution in [0, 0.1) is 6.92 Å². The molecule has 1 heterocycles. The van der Waals surface area contributed by atoms with Crippen molar-refractivity contribution in [3.63, 3.8) is 0 Å². The molecule has 0 bridgehead atoms. The summed E-state index contributed by atoms with van der Waals surface area (Å²) in [7, 11) is 0. The van der Waals surface area contributed by atoms with Crippen LogP contribution in [0.4, 0.5) is 0 Å². The van der Waals surface area contributed by atoms with Gasteiger partial charge in [0, 0.05) is 17.8 Å². The van der Waals surface area contributed by atoms with Crippen molar-refractivity contribution in [1.82, 2.24) is 9.88 Å². The van der Waals surface area contributed by atoms with E-state index in [1.54, 1.807) is 16.8 Å². The minimum absolute atomic E-state index is 0.0121. The molecule has 1 amide bonds. The summed E-state index contributed by atoms with van der Waals surface area (Å²) in [5.74, 6) is -0.0488. The molecule has 4 heteroatoms. The van der Waals surface area contributed by atoms with Crippen molar-refractivity contribution in [3.8, 4) is 0 Å². The molecule has 0 atom stereocenters. The van der Waals surface area contributed by atoms with Gasteiger partial charge in [-0.15, -0.1) is 0 Å². The first-order chi connectivity index (χ1) is 12.1. The molecule has 2 aromatic rings. The zero-order chi connectivity index (χ0) is 17.6. The van der Waals surface area contributed by atoms with Gasteiger partial charge >= 0.3 is 0 Å². The molecule has 132 valence electrons. The highest BCUT2D eigenvalue weighted by molar-refractivity contribution is 6.09. The molecule has 0 aliphatic heterocycles. The second-order valence-corrected chi connectivity index (χ2v) is 6.92. The Morgan fingerprint density at radius 3 is 2.48 bits per heavy atom. The van der Waals surface area contributed by atoms with Crippen LogP contribution in [0.25, 0.3) is 0 Å². The predicted molar refractivity (Wildman–Crippen MR) is 98.7 cm³/mol. The summed E-state index contributed by atoms with van der Waals surface area (Å²) in [5, 5.41) is 3.14. The number of nitrogens with zero attached hydrogens (tertiary/aromatic N) is 1. The zero-order valence-electron chi connectivity index (χ0n) is 14.8. The minimum atomic E-state index is -0.0367. The van der Waals surface area contributed by atoms with Gasteiger partial charge in [0.25, 0.3) is 0 Å². The standard InChI is InChI=1S/C21H26N2O2/c1-16-9-6-7-12-18(16)21(25)19-13-8-14-23(19)15-20(24)22-17-10-4-2-3-5-11-17/h6-9,12-14,17H,2-5,10-11,15H2,1H3,(H,22,24). The van der Waals surface area contributed by atoms with Gasteiger partial charge in [0.2, 0.25) is 11.7 Å². The molecule has 0 saturated heterocycles. The van der Waals surface area contributed by atoms with Gasteiger partial charge in [-0.05, 0) is 37.5 Å². The van der Waals surface area contributed by atoms with Crippen molar-refractivity contribution >= 4 is 11.7 Å². The van der Waals surface area contributed by atoms with Gasteiger partial charge in [-0.1, -0.05) is 49.9 Å². The van der Waals surface area contributed by atoms with Crippen LogP contribution in [0.2, 0.25) is 0 Å². The highest BCUT2D eigenvalue weighted by Gasteiger charge is 2.18. The van der Waals surface area contributed by atoms with E-state index in [0.717, 1.165) is 18.4 Å². The van der Waals surface area contributed by atoms with E-state index in [1.807, 2.05) is 37.3 Å². The van der Waals surface area contributed by atoms with Gasteiger partial charge < -0.3 is 9.88 Å². The number of amides is 1. The van der Waals surface area contributed by atoms with Crippen LogP contribution in [0.1, 0.15) is 60.1 Å². The van der Waals surface area contributed by atoms with E-state index in [-0.39, 0.29) is 24.3 Å². The Hall–Kier alpha value is -2.36. The first-order valence-corrected chi connectivity index (χ1v) is 9.20. The Balaban J connectivity index is 1.68. The van der Waals surface area contributed by atoms with Crippen LogP contribution in [-0.2, 0) is 11.3 Å². The van der Waals surface area contributed by atoms with Gasteiger partial charge in [-0.3, -0.25) is 9.59 Å². The average molecular weight is 338 g/mol. The maximum atomic E-state index is 12.8. The van der Waals surface area contributed by atoms with E-state index >= 15 is 0 Å². The molecule has 1 aromatic heterocycles. The largest absolute Gasteiger partial charge is 0.352 e. The molecule has 4 nitrogen and oxygen atoms in total. The summed E-state index contributed by atoms with van der Waals surface area (Å²) >= 11 is 0. The smallest absolute Gasteiger partial charge is 0.240 e. The molecule has 1 aliphatic rings. The van der Waals surface area contributed by atoms with Gasteiger partial charge in [-0.2, -0.15) is 0 Å². The van der Waals surface area contributed by atoms with Crippen LogP contribution >= 0.6 is 0 Å². The van der Waals surface area contributed by atoms with Gasteiger partial charge in [0.05, 0.1) is 5.69 Å². The fourth-order valence-electron chi connectivity index (χ4n) is 3.58. The van der Waals surface area contributed by atoms with E-state index in [1.165, 1.54) is 25.7 Å². The number of nitrogens with one attached hydrogen (secondary N) is 1. The Kier molecular flexibility index (Phi) is 5.69. The second kappa shape index (κ2) is 8.15. The number of hydrogen-bond donors (Lipinski definition) is 1. The lowest BCUT2D eigenvalue weighted by atomic mass is 10.0. The molecule has 1 saturated carbocycles. The topological polar surface area (TPSA) is 51.1 Å². The predicted octanol–water partition coefficient (Wildman–Crippen LogP) is 3.87. The average Bonchev–Trinajstić information content (AvgIpc) is 2.90. The van der Waals surface area contributed by atoms with Crippen LogP contribution in [0.3, 0.4) is 0 Å². The number of ketones is 1. The molecule has 1 N–H and O–H groups in total. The molecule has 25 heavy (non-hydrogen) atoms. The van der Waals surface area contributed by atoms with E-state index in [4.69, 9.17) is 0 Å². The summed E-state index contributed by atoms with van der Waals surface area (Å²) in [6, 6.07) is 11.4. The number of carbonyl (C=O) groups excluding carboxylic acids is 2. The van der Waals surface area contributed by atoms with Crippen LogP contribution in [0.5, 0.6) is 0 Å². The normalized spacial score (nSPS) is 15.6. The van der Waals surface area contributed by atoms with Crippen molar-refractivity contribution in [2.45, 2.75) is 58.0 Å². The number of aryl methyl sites for hydroxylation is 1. The summed E-state index contributed by atoms with van der Waals surface area (Å²) in [6.07, 6.45) is 8.83. The second-order valence-electron chi connectivity index (χ2n) is 6.92. The van der Waals surface area contributed by atoms with E-state index in [0.29, 0.717) is 11.3 Å². The van der Waals surface area contributed by atoms with Crippen molar-refractivity contribution in [2.75, 3.05) is 0 Å². The van der Waals surface area contributed by atoms with E-state index in [2.05, 4.69) is 5.32 Å². The molecule has 0 radical (unpaired) electrons. The molecule has 1 aliphatic carbocycles. The van der Waals surface area contributed by atoms with Crippen molar-refractivity contribution < 1.29 is 9.59 Å². The number of rotatable bonds is 5. The summed E-state index contributed by atoms with van der Waals surface area (Å²) in [4.78, 5) is 25.2. The Bertz CT molecular complexity index is 740. The van der Waals surface area contributed by atoms with Crippen LogP contribution < -0.4 is 5.32 Å². The first kappa shape index (κ1) is 17.5. The van der Waals surface area contributed by atoms with E-state index in [9.17, 15) is 9.59 Å². The van der Waals surface area contributed by atoms with E-state index < -0.39 is 0 Å². The highest BCUT2D eigenvalue weighted by Crippen LogP contribution is 2.18. The Labute approximate surface area is 149 Å². The quantitative estimate of drug-likeness (QED) is 0.665. The molecular formula is C21H26N2O2. The third kappa shape index (κ3) is 4.38. The van der Waals surface area contributed by atoms with Gasteiger partial charge in [0.1, 0.15) is 6.54 Å². The fourth-order valence-corrected chi connectivity index (χ4v) is 3.58. The van der Waals surface area contributed by atoms with Gasteiger partial charge in [-0.25, -0.2) is 0 Å². The number of carbonyl (C=O) groups is 2. The monoisotopic (exact) mass is 338 g/mol. The number of benzene rings is 1. The zero-order valence-corrected chi connectivity index (χ0v) is 14.8. The molecule has 0 spiro atoms. The maximum Gasteiger partial charge on any atom is 0.240 e. The molecule has 0 unspecified atom stereocenters. The SMILES string of the molecule is Cc1ccccc1C(=O)c1cccn1CC(=O)NC1CCCCCC1. The Morgan fingerprint density at radius 2 is 1.76 bits per heavy atom. The molecular weight excluding hydrogens is 312 g/mol.